The first-order valence-electron chi connectivity index (χ1n) is 7.90. The third-order valence-electron chi connectivity index (χ3n) is 3.56. The number of carbonyl (C=O) groups excluding carboxylic acids is 1. The number of benzene rings is 2. The van der Waals surface area contributed by atoms with Crippen LogP contribution in [0, 0.1) is 0 Å². The molecule has 134 valence electrons. The maximum absolute atomic E-state index is 11.9. The smallest absolute Gasteiger partial charge is 0.230 e. The minimum Gasteiger partial charge on any atom is -0.360 e. The number of nitrogens with one attached hydrogen (secondary N) is 1. The van der Waals surface area contributed by atoms with Crippen LogP contribution in [0.2, 0.25) is 10.0 Å². The lowest BCUT2D eigenvalue weighted by atomic mass is 10.1. The zero-order valence-electron chi connectivity index (χ0n) is 13.7. The molecule has 1 N–H and O–H groups in total. The maximum atomic E-state index is 11.9. The van der Waals surface area contributed by atoms with Crippen molar-refractivity contribution < 1.29 is 9.32 Å². The van der Waals surface area contributed by atoms with Crippen molar-refractivity contribution in [1.29, 1.82) is 0 Å². The van der Waals surface area contributed by atoms with Crippen LogP contribution in [0.15, 0.2) is 59.1 Å². The van der Waals surface area contributed by atoms with Crippen LogP contribution in [0.3, 0.4) is 0 Å². The van der Waals surface area contributed by atoms with E-state index in [1.165, 1.54) is 11.8 Å². The molecule has 0 spiro atoms. The van der Waals surface area contributed by atoms with E-state index >= 15 is 0 Å². The number of hydrogen-bond acceptors (Lipinski definition) is 4. The van der Waals surface area contributed by atoms with E-state index in [2.05, 4.69) is 10.5 Å². The van der Waals surface area contributed by atoms with E-state index in [1.807, 2.05) is 48.5 Å². The fourth-order valence-electron chi connectivity index (χ4n) is 2.28. The SMILES string of the molecule is O=C(CSCc1cc(-c2ccc(Cl)cc2)no1)NCc1cccc(Cl)c1. The molecule has 4 nitrogen and oxygen atoms in total. The Balaban J connectivity index is 1.43. The number of amides is 1. The minimum atomic E-state index is -0.0348. The van der Waals surface area contributed by atoms with Gasteiger partial charge < -0.3 is 9.84 Å². The molecule has 0 saturated carbocycles. The second-order valence-corrected chi connectivity index (χ2v) is 7.44. The van der Waals surface area contributed by atoms with Crippen LogP contribution in [-0.4, -0.2) is 16.8 Å². The first-order chi connectivity index (χ1) is 12.6. The van der Waals surface area contributed by atoms with Crippen LogP contribution >= 0.6 is 35.0 Å². The highest BCUT2D eigenvalue weighted by atomic mass is 35.5. The highest BCUT2D eigenvalue weighted by Gasteiger charge is 2.08. The lowest BCUT2D eigenvalue weighted by molar-refractivity contribution is -0.118. The summed E-state index contributed by atoms with van der Waals surface area (Å²) < 4.78 is 5.32. The van der Waals surface area contributed by atoms with Crippen molar-refractivity contribution in [3.8, 4) is 11.3 Å². The standard InChI is InChI=1S/C19H16Cl2N2O2S/c20-15-6-4-14(5-7-15)18-9-17(25-23-18)11-26-12-19(24)22-10-13-2-1-3-16(21)8-13/h1-9H,10-12H2,(H,22,24). The molecular formula is C19H16Cl2N2O2S. The Bertz CT molecular complexity index is 881. The monoisotopic (exact) mass is 406 g/mol. The highest BCUT2D eigenvalue weighted by Crippen LogP contribution is 2.23. The van der Waals surface area contributed by atoms with Crippen molar-refractivity contribution >= 4 is 40.9 Å². The van der Waals surface area contributed by atoms with Gasteiger partial charge in [0.1, 0.15) is 11.5 Å². The van der Waals surface area contributed by atoms with Crippen molar-refractivity contribution in [2.24, 2.45) is 0 Å². The molecule has 0 saturated heterocycles. The number of rotatable bonds is 7. The molecule has 1 aromatic heterocycles. The molecule has 0 aliphatic rings. The predicted molar refractivity (Wildman–Crippen MR) is 106 cm³/mol. The maximum Gasteiger partial charge on any atom is 0.230 e. The summed E-state index contributed by atoms with van der Waals surface area (Å²) in [6, 6.07) is 16.7. The molecule has 26 heavy (non-hydrogen) atoms. The van der Waals surface area contributed by atoms with Gasteiger partial charge in [0.2, 0.25) is 5.91 Å². The summed E-state index contributed by atoms with van der Waals surface area (Å²) in [6.45, 7) is 0.461. The third kappa shape index (κ3) is 5.53. The van der Waals surface area contributed by atoms with Crippen LogP contribution < -0.4 is 5.32 Å². The molecule has 2 aromatic carbocycles. The summed E-state index contributed by atoms with van der Waals surface area (Å²) in [4.78, 5) is 11.9. The second-order valence-electron chi connectivity index (χ2n) is 5.58. The largest absolute Gasteiger partial charge is 0.360 e. The van der Waals surface area contributed by atoms with Crippen molar-refractivity contribution in [2.45, 2.75) is 12.3 Å². The fourth-order valence-corrected chi connectivity index (χ4v) is 3.35. The second kappa shape index (κ2) is 9.12. The number of halogens is 2. The molecule has 1 amide bonds. The Hall–Kier alpha value is -1.95. The minimum absolute atomic E-state index is 0.0348. The van der Waals surface area contributed by atoms with Crippen LogP contribution in [0.25, 0.3) is 11.3 Å². The summed E-state index contributed by atoms with van der Waals surface area (Å²) in [6.07, 6.45) is 0. The summed E-state index contributed by atoms with van der Waals surface area (Å²) in [5.41, 5.74) is 2.66. The van der Waals surface area contributed by atoms with Gasteiger partial charge >= 0.3 is 0 Å². The number of hydrogen-bond donors (Lipinski definition) is 1. The van der Waals surface area contributed by atoms with Gasteiger partial charge in [0.25, 0.3) is 0 Å². The molecule has 0 radical (unpaired) electrons. The first-order valence-corrected chi connectivity index (χ1v) is 9.81. The van der Waals surface area contributed by atoms with Gasteiger partial charge in [-0.05, 0) is 29.8 Å². The molecule has 0 aliphatic carbocycles. The van der Waals surface area contributed by atoms with E-state index in [9.17, 15) is 4.79 Å². The van der Waals surface area contributed by atoms with Crippen molar-refractivity contribution in [1.82, 2.24) is 10.5 Å². The van der Waals surface area contributed by atoms with Crippen LogP contribution in [0.4, 0.5) is 0 Å². The van der Waals surface area contributed by atoms with E-state index in [0.717, 1.165) is 22.6 Å². The summed E-state index contributed by atoms with van der Waals surface area (Å²) in [5, 5.41) is 8.26. The topological polar surface area (TPSA) is 55.1 Å². The number of aromatic nitrogens is 1. The van der Waals surface area contributed by atoms with Gasteiger partial charge in [-0.2, -0.15) is 0 Å². The number of thioether (sulfide) groups is 1. The third-order valence-corrected chi connectivity index (χ3v) is 5.00. The lowest BCUT2D eigenvalue weighted by Crippen LogP contribution is -2.24. The average molecular weight is 407 g/mol. The Morgan fingerprint density at radius 1 is 1.08 bits per heavy atom. The molecule has 7 heteroatoms. The Labute approximate surface area is 165 Å². The van der Waals surface area contributed by atoms with Crippen molar-refractivity contribution in [3.05, 3.63) is 76.0 Å². The van der Waals surface area contributed by atoms with Gasteiger partial charge in [0.05, 0.1) is 11.5 Å². The van der Waals surface area contributed by atoms with Gasteiger partial charge in [-0.1, -0.05) is 52.6 Å². The molecule has 3 aromatic rings. The van der Waals surface area contributed by atoms with Gasteiger partial charge in [-0.3, -0.25) is 4.79 Å². The Morgan fingerprint density at radius 3 is 2.65 bits per heavy atom. The normalized spacial score (nSPS) is 10.7. The van der Waals surface area contributed by atoms with Crippen molar-refractivity contribution in [2.75, 3.05) is 5.75 Å². The van der Waals surface area contributed by atoms with E-state index in [1.54, 1.807) is 6.07 Å². The molecule has 3 rings (SSSR count). The van der Waals surface area contributed by atoms with Gasteiger partial charge in [-0.15, -0.1) is 11.8 Å². The van der Waals surface area contributed by atoms with Crippen LogP contribution in [-0.2, 0) is 17.1 Å². The Morgan fingerprint density at radius 2 is 1.88 bits per heavy atom. The van der Waals surface area contributed by atoms with Crippen LogP contribution in [0.5, 0.6) is 0 Å². The number of nitrogens with zero attached hydrogens (tertiary/aromatic N) is 1. The van der Waals surface area contributed by atoms with E-state index < -0.39 is 0 Å². The molecule has 0 unspecified atom stereocenters. The molecule has 1 heterocycles. The summed E-state index contributed by atoms with van der Waals surface area (Å²) in [5.74, 6) is 1.61. The molecular weight excluding hydrogens is 391 g/mol. The van der Waals surface area contributed by atoms with Gasteiger partial charge in [0.15, 0.2) is 0 Å². The quantitative estimate of drug-likeness (QED) is 0.585. The fraction of sp³-hybridized carbons (Fsp3) is 0.158. The van der Waals surface area contributed by atoms with E-state index in [4.69, 9.17) is 27.7 Å². The van der Waals surface area contributed by atoms with Crippen LogP contribution in [0.1, 0.15) is 11.3 Å². The highest BCUT2D eigenvalue weighted by molar-refractivity contribution is 7.99. The van der Waals surface area contributed by atoms with E-state index in [-0.39, 0.29) is 5.91 Å². The first kappa shape index (κ1) is 18.8. The van der Waals surface area contributed by atoms with Crippen molar-refractivity contribution in [3.63, 3.8) is 0 Å². The van der Waals surface area contributed by atoms with E-state index in [0.29, 0.717) is 28.1 Å². The van der Waals surface area contributed by atoms with Gasteiger partial charge in [0, 0.05) is 28.2 Å². The number of carbonyl (C=O) groups is 1. The summed E-state index contributed by atoms with van der Waals surface area (Å²) in [7, 11) is 0. The molecule has 0 bridgehead atoms. The Kier molecular flexibility index (Phi) is 6.61. The molecule has 0 atom stereocenters. The molecule has 0 fully saturated rings. The zero-order valence-corrected chi connectivity index (χ0v) is 16.1. The zero-order chi connectivity index (χ0) is 18.4. The predicted octanol–water partition coefficient (Wildman–Crippen LogP) is 5.20. The average Bonchev–Trinajstić information content (AvgIpc) is 3.09. The summed E-state index contributed by atoms with van der Waals surface area (Å²) >= 11 is 13.3. The lowest BCUT2D eigenvalue weighted by Gasteiger charge is -2.05. The van der Waals surface area contributed by atoms with Gasteiger partial charge in [-0.25, -0.2) is 0 Å². The molecule has 0 aliphatic heterocycles.